The molecule has 3 N–H and O–H groups in total. The smallest absolute Gasteiger partial charge is 0.330 e. The number of nitrogens with zero attached hydrogens (tertiary/aromatic N) is 3. The zero-order valence-electron chi connectivity index (χ0n) is 17.3. The van der Waals surface area contributed by atoms with E-state index >= 15 is 0 Å². The molecule has 9 heteroatoms. The number of aromatic nitrogens is 3. The molecule has 0 saturated heterocycles. The SMILES string of the molecule is CCN(C(=O)CCc1c(C)noc1C)c1c(N)n(Cc2ccccc2)c(=O)[nH]c1=O. The Labute approximate surface area is 173 Å². The lowest BCUT2D eigenvalue weighted by Gasteiger charge is -2.23. The maximum absolute atomic E-state index is 12.9. The Morgan fingerprint density at radius 3 is 2.53 bits per heavy atom. The first-order valence-electron chi connectivity index (χ1n) is 9.72. The van der Waals surface area contributed by atoms with E-state index in [2.05, 4.69) is 10.1 Å². The van der Waals surface area contributed by atoms with Crippen LogP contribution in [0.3, 0.4) is 0 Å². The number of nitrogens with two attached hydrogens (primary N) is 1. The number of anilines is 2. The molecule has 0 radical (unpaired) electrons. The van der Waals surface area contributed by atoms with Crippen LogP contribution in [-0.4, -0.2) is 27.2 Å². The molecule has 0 aliphatic rings. The van der Waals surface area contributed by atoms with Crippen LogP contribution in [-0.2, 0) is 17.8 Å². The summed E-state index contributed by atoms with van der Waals surface area (Å²) in [5, 5.41) is 3.89. The van der Waals surface area contributed by atoms with Gasteiger partial charge in [-0.05, 0) is 32.8 Å². The van der Waals surface area contributed by atoms with Gasteiger partial charge in [0.1, 0.15) is 11.6 Å². The highest BCUT2D eigenvalue weighted by Crippen LogP contribution is 2.20. The van der Waals surface area contributed by atoms with E-state index in [1.54, 1.807) is 13.8 Å². The largest absolute Gasteiger partial charge is 0.383 e. The average Bonchev–Trinajstić information content (AvgIpc) is 3.04. The Bertz CT molecular complexity index is 1140. The highest BCUT2D eigenvalue weighted by atomic mass is 16.5. The molecule has 0 fully saturated rings. The van der Waals surface area contributed by atoms with Crippen LogP contribution in [0.1, 0.15) is 35.9 Å². The molecule has 3 aromatic rings. The van der Waals surface area contributed by atoms with Crippen LogP contribution in [0, 0.1) is 13.8 Å². The van der Waals surface area contributed by atoms with Gasteiger partial charge in [-0.1, -0.05) is 35.5 Å². The van der Waals surface area contributed by atoms with Gasteiger partial charge in [0, 0.05) is 18.5 Å². The van der Waals surface area contributed by atoms with Crippen molar-refractivity contribution in [1.29, 1.82) is 0 Å². The number of carbonyl (C=O) groups is 1. The molecule has 0 saturated carbocycles. The van der Waals surface area contributed by atoms with Gasteiger partial charge in [0.05, 0.1) is 12.2 Å². The van der Waals surface area contributed by atoms with E-state index in [0.29, 0.717) is 12.2 Å². The predicted molar refractivity (Wildman–Crippen MR) is 114 cm³/mol. The van der Waals surface area contributed by atoms with E-state index in [-0.39, 0.29) is 36.9 Å². The Kier molecular flexibility index (Phi) is 6.20. The maximum atomic E-state index is 12.9. The van der Waals surface area contributed by atoms with Gasteiger partial charge in [0.2, 0.25) is 5.91 Å². The minimum atomic E-state index is -0.686. The third kappa shape index (κ3) is 4.19. The van der Waals surface area contributed by atoms with E-state index in [1.165, 1.54) is 9.47 Å². The fourth-order valence-corrected chi connectivity index (χ4v) is 3.45. The molecule has 0 bridgehead atoms. The Hall–Kier alpha value is -3.62. The monoisotopic (exact) mass is 411 g/mol. The molecular weight excluding hydrogens is 386 g/mol. The van der Waals surface area contributed by atoms with Crippen molar-refractivity contribution in [1.82, 2.24) is 14.7 Å². The summed E-state index contributed by atoms with van der Waals surface area (Å²) < 4.78 is 6.39. The number of amides is 1. The number of hydrogen-bond acceptors (Lipinski definition) is 6. The normalized spacial score (nSPS) is 10.9. The standard InChI is InChI=1S/C21H25N5O4/c1-4-25(17(27)11-10-16-13(2)24-30-14(16)3)18-19(22)26(21(29)23-20(18)28)12-15-8-6-5-7-9-15/h5-9H,4,10-12,22H2,1-3H3,(H,23,28,29). The fraction of sp³-hybridized carbons (Fsp3) is 0.333. The van der Waals surface area contributed by atoms with Crippen molar-refractivity contribution in [3.63, 3.8) is 0 Å². The number of carbonyl (C=O) groups excluding carboxylic acids is 1. The number of aryl methyl sites for hydroxylation is 2. The van der Waals surface area contributed by atoms with Crippen LogP contribution in [0.25, 0.3) is 0 Å². The summed E-state index contributed by atoms with van der Waals surface area (Å²) >= 11 is 0. The second-order valence-electron chi connectivity index (χ2n) is 7.01. The summed E-state index contributed by atoms with van der Waals surface area (Å²) in [5.41, 5.74) is 7.34. The predicted octanol–water partition coefficient (Wildman–Crippen LogP) is 1.76. The molecular formula is C21H25N5O4. The molecule has 1 amide bonds. The van der Waals surface area contributed by atoms with Crippen LogP contribution in [0.15, 0.2) is 44.4 Å². The van der Waals surface area contributed by atoms with Crippen molar-refractivity contribution < 1.29 is 9.32 Å². The first-order valence-corrected chi connectivity index (χ1v) is 9.72. The van der Waals surface area contributed by atoms with Crippen molar-refractivity contribution in [2.24, 2.45) is 0 Å². The van der Waals surface area contributed by atoms with Gasteiger partial charge in [-0.3, -0.25) is 19.1 Å². The highest BCUT2D eigenvalue weighted by molar-refractivity contribution is 5.95. The molecule has 2 aromatic heterocycles. The van der Waals surface area contributed by atoms with E-state index < -0.39 is 11.2 Å². The van der Waals surface area contributed by atoms with Crippen molar-refractivity contribution in [2.45, 2.75) is 40.2 Å². The van der Waals surface area contributed by atoms with Crippen molar-refractivity contribution >= 4 is 17.4 Å². The molecule has 0 atom stereocenters. The van der Waals surface area contributed by atoms with Gasteiger partial charge in [-0.15, -0.1) is 0 Å². The molecule has 0 unspecified atom stereocenters. The van der Waals surface area contributed by atoms with Crippen LogP contribution in [0.2, 0.25) is 0 Å². The second-order valence-corrected chi connectivity index (χ2v) is 7.01. The molecule has 0 aliphatic heterocycles. The van der Waals surface area contributed by atoms with E-state index in [9.17, 15) is 14.4 Å². The summed E-state index contributed by atoms with van der Waals surface area (Å²) in [7, 11) is 0. The fourth-order valence-electron chi connectivity index (χ4n) is 3.45. The number of nitrogens with one attached hydrogen (secondary N) is 1. The quantitative estimate of drug-likeness (QED) is 0.610. The van der Waals surface area contributed by atoms with Gasteiger partial charge in [0.25, 0.3) is 5.56 Å². The summed E-state index contributed by atoms with van der Waals surface area (Å²) in [6.07, 6.45) is 0.575. The van der Waals surface area contributed by atoms with Crippen LogP contribution < -0.4 is 21.9 Å². The number of aromatic amines is 1. The minimum Gasteiger partial charge on any atom is -0.383 e. The molecule has 3 rings (SSSR count). The van der Waals surface area contributed by atoms with Crippen molar-refractivity contribution in [2.75, 3.05) is 17.2 Å². The van der Waals surface area contributed by atoms with Crippen LogP contribution in [0.4, 0.5) is 11.5 Å². The third-order valence-electron chi connectivity index (χ3n) is 5.05. The molecule has 0 spiro atoms. The Balaban J connectivity index is 1.91. The molecule has 2 heterocycles. The lowest BCUT2D eigenvalue weighted by atomic mass is 10.1. The van der Waals surface area contributed by atoms with Gasteiger partial charge in [0.15, 0.2) is 5.69 Å². The summed E-state index contributed by atoms with van der Waals surface area (Å²) in [6, 6.07) is 9.26. The zero-order chi connectivity index (χ0) is 21.8. The first kappa shape index (κ1) is 21.1. The van der Waals surface area contributed by atoms with Gasteiger partial charge in [-0.25, -0.2) is 4.79 Å². The minimum absolute atomic E-state index is 0.0169. The summed E-state index contributed by atoms with van der Waals surface area (Å²) in [4.78, 5) is 41.4. The Morgan fingerprint density at radius 2 is 1.93 bits per heavy atom. The van der Waals surface area contributed by atoms with Crippen LogP contribution in [0.5, 0.6) is 0 Å². The summed E-state index contributed by atoms with van der Waals surface area (Å²) in [6.45, 7) is 5.77. The highest BCUT2D eigenvalue weighted by Gasteiger charge is 2.23. The number of nitrogen functional groups attached to an aromatic ring is 1. The maximum Gasteiger partial charge on any atom is 0.330 e. The van der Waals surface area contributed by atoms with Crippen molar-refractivity contribution in [3.05, 3.63) is 73.8 Å². The van der Waals surface area contributed by atoms with Gasteiger partial charge in [-0.2, -0.15) is 0 Å². The second kappa shape index (κ2) is 8.81. The number of H-pyrrole nitrogens is 1. The molecule has 0 aliphatic carbocycles. The lowest BCUT2D eigenvalue weighted by molar-refractivity contribution is -0.118. The average molecular weight is 411 g/mol. The number of hydrogen-bond donors (Lipinski definition) is 2. The molecule has 30 heavy (non-hydrogen) atoms. The topological polar surface area (TPSA) is 127 Å². The third-order valence-corrected chi connectivity index (χ3v) is 5.05. The van der Waals surface area contributed by atoms with E-state index in [4.69, 9.17) is 10.3 Å². The van der Waals surface area contributed by atoms with Gasteiger partial charge < -0.3 is 15.2 Å². The number of benzene rings is 1. The van der Waals surface area contributed by atoms with Gasteiger partial charge >= 0.3 is 5.69 Å². The lowest BCUT2D eigenvalue weighted by Crippen LogP contribution is -2.41. The first-order chi connectivity index (χ1) is 14.3. The molecule has 158 valence electrons. The zero-order valence-corrected chi connectivity index (χ0v) is 17.3. The molecule has 1 aromatic carbocycles. The van der Waals surface area contributed by atoms with E-state index in [1.807, 2.05) is 37.3 Å². The Morgan fingerprint density at radius 1 is 1.23 bits per heavy atom. The van der Waals surface area contributed by atoms with E-state index in [0.717, 1.165) is 16.8 Å². The number of rotatable bonds is 7. The van der Waals surface area contributed by atoms with Crippen molar-refractivity contribution in [3.8, 4) is 0 Å². The molecule has 9 nitrogen and oxygen atoms in total. The summed E-state index contributed by atoms with van der Waals surface area (Å²) in [5.74, 6) is 0.344. The van der Waals surface area contributed by atoms with Crippen LogP contribution >= 0.6 is 0 Å².